The molecular formula is C62H74Cl4N4O14S4. The van der Waals surface area contributed by atoms with E-state index in [1.165, 1.54) is 24.3 Å². The quantitative estimate of drug-likeness (QED) is 0.0354. The third-order valence-corrected chi connectivity index (χ3v) is 22.5. The van der Waals surface area contributed by atoms with E-state index in [0.29, 0.717) is 63.8 Å². The Morgan fingerprint density at radius 2 is 0.784 bits per heavy atom. The van der Waals surface area contributed by atoms with Crippen molar-refractivity contribution in [2.24, 2.45) is 0 Å². The van der Waals surface area contributed by atoms with Crippen molar-refractivity contribution < 1.29 is 62.1 Å². The molecular weight excluding hydrogens is 1290 g/mol. The van der Waals surface area contributed by atoms with E-state index in [1.54, 1.807) is 72.8 Å². The number of hydrogen-bond acceptors (Lipinski definition) is 16. The molecule has 0 spiro atoms. The predicted molar refractivity (Wildman–Crippen MR) is 343 cm³/mol. The van der Waals surface area contributed by atoms with Crippen LogP contribution in [0.3, 0.4) is 0 Å². The molecule has 0 saturated carbocycles. The standard InChI is InChI=1S/C62H74Cl4N4O14S4/c1-69-41-57(55-37-49(63)39-61(65)59(55)43-69)47-7-3-9-53(35-47)86(73,74)34-6-22-80-26-30-83-29-25-79-21-5-33-85(71,72)51-15-11-45(12-16-51)46-13-17-52(18-14-46)87(75,76)67-19-23-81-27-31-84-32-28-82-24-20-68-88(77,78)54-10-4-8-48(36-54)58-42-70(2)44-60-56(58)38-50(64)40-62(60)66/h3-4,7-18,35-40,57-58,67-68H,5-6,19-34,41-44H2,1-2H3. The molecule has 2 heterocycles. The van der Waals surface area contributed by atoms with Gasteiger partial charge in [-0.3, -0.25) is 0 Å². The third-order valence-electron chi connectivity index (χ3n) is 14.9. The lowest BCUT2D eigenvalue weighted by molar-refractivity contribution is 0.0149. The van der Waals surface area contributed by atoms with Gasteiger partial charge in [-0.2, -0.15) is 0 Å². The summed E-state index contributed by atoms with van der Waals surface area (Å²) in [7, 11) is -10.8. The van der Waals surface area contributed by atoms with Gasteiger partial charge < -0.3 is 38.2 Å². The van der Waals surface area contributed by atoms with Gasteiger partial charge in [0.15, 0.2) is 19.7 Å². The van der Waals surface area contributed by atoms with Crippen LogP contribution in [0.15, 0.2) is 141 Å². The molecule has 0 aromatic heterocycles. The number of benzene rings is 6. The van der Waals surface area contributed by atoms with Gasteiger partial charge in [-0.05, 0) is 144 Å². The van der Waals surface area contributed by atoms with Gasteiger partial charge in [0.05, 0.1) is 97.2 Å². The molecule has 2 N–H and O–H groups in total. The van der Waals surface area contributed by atoms with Crippen molar-refractivity contribution in [1.29, 1.82) is 0 Å². The summed E-state index contributed by atoms with van der Waals surface area (Å²) in [6, 6.07) is 33.8. The van der Waals surface area contributed by atoms with Crippen LogP contribution < -0.4 is 9.44 Å². The van der Waals surface area contributed by atoms with Crippen molar-refractivity contribution in [2.75, 3.05) is 131 Å². The van der Waals surface area contributed by atoms with Gasteiger partial charge >= 0.3 is 0 Å². The highest BCUT2D eigenvalue weighted by Gasteiger charge is 2.30. The van der Waals surface area contributed by atoms with E-state index in [0.717, 1.165) is 33.4 Å². The van der Waals surface area contributed by atoms with Crippen molar-refractivity contribution in [3.8, 4) is 11.1 Å². The Bertz CT molecular complexity index is 3510. The Kier molecular flexibility index (Phi) is 26.1. The SMILES string of the molecule is CN1Cc2c(Cl)cc(Cl)cc2C(c2cccc(S(=O)(=O)CCCOCCOCCOCCCS(=O)(=O)c3ccc(-c4ccc(S(=O)(=O)NCCOCCOCCOCCNS(=O)(=O)c5cccc(C6CN(C)Cc7c(Cl)cc(Cl)cc76)c5)cc4)cc3)c2)C1. The lowest BCUT2D eigenvalue weighted by Gasteiger charge is -2.33. The van der Waals surface area contributed by atoms with E-state index >= 15 is 0 Å². The van der Waals surface area contributed by atoms with E-state index in [-0.39, 0.29) is 142 Å². The molecule has 478 valence electrons. The number of hydrogen-bond donors (Lipinski definition) is 2. The molecule has 0 radical (unpaired) electrons. The first-order valence-electron chi connectivity index (χ1n) is 28.7. The van der Waals surface area contributed by atoms with Crippen molar-refractivity contribution in [1.82, 2.24) is 19.2 Å². The molecule has 2 unspecified atom stereocenters. The van der Waals surface area contributed by atoms with Crippen LogP contribution in [-0.4, -0.2) is 175 Å². The summed E-state index contributed by atoms with van der Waals surface area (Å²) in [5.74, 6) is -0.374. The summed E-state index contributed by atoms with van der Waals surface area (Å²) in [6.07, 6.45) is 0.592. The van der Waals surface area contributed by atoms with Crippen molar-refractivity contribution >= 4 is 86.1 Å². The molecule has 6 aromatic rings. The number of nitrogens with one attached hydrogen (secondary N) is 2. The number of likely N-dealkylation sites (N-methyl/N-ethyl adjacent to an activating group) is 2. The molecule has 6 aromatic carbocycles. The van der Waals surface area contributed by atoms with E-state index in [9.17, 15) is 33.7 Å². The molecule has 2 atom stereocenters. The number of rotatable bonds is 35. The second kappa shape index (κ2) is 32.9. The summed E-state index contributed by atoms with van der Waals surface area (Å²) in [4.78, 5) is 4.92. The van der Waals surface area contributed by atoms with Crippen LogP contribution in [0.5, 0.6) is 0 Å². The first kappa shape index (κ1) is 69.8. The van der Waals surface area contributed by atoms with Crippen LogP contribution in [0.4, 0.5) is 0 Å². The number of sulfonamides is 2. The van der Waals surface area contributed by atoms with E-state index in [4.69, 9.17) is 74.8 Å². The number of fused-ring (bicyclic) bond motifs is 2. The van der Waals surface area contributed by atoms with Gasteiger partial charge in [-0.15, -0.1) is 0 Å². The Morgan fingerprint density at radius 1 is 0.420 bits per heavy atom. The maximum atomic E-state index is 13.3. The van der Waals surface area contributed by atoms with Crippen LogP contribution in [-0.2, 0) is 81.2 Å². The minimum absolute atomic E-state index is 0.0270. The van der Waals surface area contributed by atoms with Gasteiger partial charge in [0.1, 0.15) is 0 Å². The Morgan fingerprint density at radius 3 is 1.23 bits per heavy atom. The van der Waals surface area contributed by atoms with Gasteiger partial charge in [0.25, 0.3) is 0 Å². The largest absolute Gasteiger partial charge is 0.379 e. The van der Waals surface area contributed by atoms with Crippen LogP contribution in [0, 0.1) is 0 Å². The predicted octanol–water partition coefficient (Wildman–Crippen LogP) is 9.51. The molecule has 0 bridgehead atoms. The van der Waals surface area contributed by atoms with Crippen LogP contribution in [0.1, 0.15) is 58.1 Å². The molecule has 88 heavy (non-hydrogen) atoms. The average Bonchev–Trinajstić information content (AvgIpc) is 0.969. The minimum Gasteiger partial charge on any atom is -0.379 e. The topological polar surface area (TPSA) is 222 Å². The van der Waals surface area contributed by atoms with Gasteiger partial charge in [-0.1, -0.05) is 94.9 Å². The fourth-order valence-corrected chi connectivity index (χ4v) is 16.3. The molecule has 2 aliphatic rings. The first-order chi connectivity index (χ1) is 42.1. The molecule has 0 fully saturated rings. The normalized spacial score (nSPS) is 16.0. The zero-order chi connectivity index (χ0) is 62.9. The van der Waals surface area contributed by atoms with Crippen molar-refractivity contribution in [2.45, 2.75) is 57.3 Å². The van der Waals surface area contributed by atoms with Crippen LogP contribution in [0.2, 0.25) is 20.1 Å². The lowest BCUT2D eigenvalue weighted by atomic mass is 9.85. The molecule has 8 rings (SSSR count). The summed E-state index contributed by atoms with van der Waals surface area (Å²) in [6.45, 7) is 5.56. The zero-order valence-electron chi connectivity index (χ0n) is 49.0. The maximum absolute atomic E-state index is 13.3. The van der Waals surface area contributed by atoms with E-state index in [1.807, 2.05) is 38.4 Å². The number of nitrogens with zero attached hydrogens (tertiary/aromatic N) is 2. The highest BCUT2D eigenvalue weighted by atomic mass is 35.5. The number of halogens is 4. The van der Waals surface area contributed by atoms with Gasteiger partial charge in [-0.25, -0.2) is 43.1 Å². The Balaban J connectivity index is 0.625. The molecule has 0 aliphatic carbocycles. The van der Waals surface area contributed by atoms with Gasteiger partial charge in [0.2, 0.25) is 20.0 Å². The molecule has 18 nitrogen and oxygen atoms in total. The maximum Gasteiger partial charge on any atom is 0.240 e. The highest BCUT2D eigenvalue weighted by Crippen LogP contribution is 2.41. The molecule has 0 saturated heterocycles. The van der Waals surface area contributed by atoms with Crippen molar-refractivity contribution in [3.05, 3.63) is 175 Å². The second-order valence-corrected chi connectivity index (χ2v) is 30.9. The summed E-state index contributed by atoms with van der Waals surface area (Å²) < 4.78 is 144. The summed E-state index contributed by atoms with van der Waals surface area (Å²) >= 11 is 25.8. The highest BCUT2D eigenvalue weighted by molar-refractivity contribution is 7.91. The fourth-order valence-electron chi connectivity index (χ4n) is 10.5. The van der Waals surface area contributed by atoms with Gasteiger partial charge in [0, 0.05) is 84.4 Å². The monoisotopic (exact) mass is 1370 g/mol. The average molecular weight is 1370 g/mol. The zero-order valence-corrected chi connectivity index (χ0v) is 55.3. The number of sulfone groups is 2. The van der Waals surface area contributed by atoms with Crippen molar-refractivity contribution in [3.63, 3.8) is 0 Å². The van der Waals surface area contributed by atoms with E-state index in [2.05, 4.69) is 19.2 Å². The third kappa shape index (κ3) is 19.9. The second-order valence-electron chi connectivity index (χ2n) is 21.4. The Hall–Kier alpha value is -4.12. The molecule has 0 amide bonds. The molecule has 26 heteroatoms. The smallest absolute Gasteiger partial charge is 0.240 e. The fraction of sp³-hybridized carbons (Fsp3) is 0.419. The first-order valence-corrected chi connectivity index (χ1v) is 36.5. The number of ether oxygens (including phenoxy) is 6. The lowest BCUT2D eigenvalue weighted by Crippen LogP contribution is -2.31. The summed E-state index contributed by atoms with van der Waals surface area (Å²) in [5.41, 5.74) is 7.10. The summed E-state index contributed by atoms with van der Waals surface area (Å²) in [5, 5.41) is 2.26. The van der Waals surface area contributed by atoms with Crippen LogP contribution >= 0.6 is 46.4 Å². The molecule has 2 aliphatic heterocycles. The van der Waals surface area contributed by atoms with Crippen LogP contribution in [0.25, 0.3) is 11.1 Å². The Labute approximate surface area is 537 Å². The minimum atomic E-state index is -3.84. The van der Waals surface area contributed by atoms with E-state index < -0.39 is 39.7 Å².